The first-order chi connectivity index (χ1) is 13.2. The highest BCUT2D eigenvalue weighted by Gasteiger charge is 2.18. The Kier molecular flexibility index (Phi) is 19.4. The number of unbranched alkanes of at least 4 members (excludes halogenated alkanes) is 12. The predicted octanol–water partition coefficient (Wildman–Crippen LogP) is 8.39. The van der Waals surface area contributed by atoms with Crippen LogP contribution in [0.25, 0.3) is 0 Å². The molecule has 0 aromatic heterocycles. The van der Waals surface area contributed by atoms with Crippen LogP contribution < -0.4 is 0 Å². The van der Waals surface area contributed by atoms with E-state index in [0.29, 0.717) is 0 Å². The summed E-state index contributed by atoms with van der Waals surface area (Å²) in [7, 11) is 0. The van der Waals surface area contributed by atoms with E-state index >= 15 is 0 Å². The molecule has 0 aromatic carbocycles. The monoisotopic (exact) mass is 380 g/mol. The van der Waals surface area contributed by atoms with Crippen molar-refractivity contribution >= 4 is 5.97 Å². The summed E-state index contributed by atoms with van der Waals surface area (Å²) in [6.07, 6.45) is 22.8. The van der Waals surface area contributed by atoms with E-state index < -0.39 is 0 Å². The molecule has 0 aliphatic rings. The van der Waals surface area contributed by atoms with E-state index in [0.717, 1.165) is 32.1 Å². The maximum Gasteiger partial charge on any atom is 0.308 e. The molecule has 2 nitrogen and oxygen atoms in total. The maximum atomic E-state index is 12.4. The summed E-state index contributed by atoms with van der Waals surface area (Å²) in [5, 5.41) is 0. The van der Waals surface area contributed by atoms with Crippen molar-refractivity contribution in [2.75, 3.05) is 0 Å². The first-order valence-corrected chi connectivity index (χ1v) is 12.0. The van der Waals surface area contributed by atoms with E-state index in [9.17, 15) is 4.79 Å². The van der Waals surface area contributed by atoms with E-state index in [1.165, 1.54) is 77.0 Å². The molecule has 0 N–H and O–H groups in total. The normalized spacial score (nSPS) is 13.3. The molecule has 0 saturated heterocycles. The highest BCUT2D eigenvalue weighted by molar-refractivity contribution is 5.72. The molecule has 2 heteroatoms. The highest BCUT2D eigenvalue weighted by atomic mass is 16.5. The van der Waals surface area contributed by atoms with E-state index in [-0.39, 0.29) is 18.0 Å². The van der Waals surface area contributed by atoms with Crippen LogP contribution in [0.1, 0.15) is 130 Å². The second-order valence-corrected chi connectivity index (χ2v) is 8.30. The van der Waals surface area contributed by atoms with Crippen molar-refractivity contribution in [1.29, 1.82) is 0 Å². The molecule has 0 saturated carbocycles. The van der Waals surface area contributed by atoms with Gasteiger partial charge in [0.15, 0.2) is 0 Å². The Bertz CT molecular complexity index is 337. The molecule has 0 aromatic rings. The van der Waals surface area contributed by atoms with Crippen molar-refractivity contribution in [1.82, 2.24) is 0 Å². The zero-order valence-corrected chi connectivity index (χ0v) is 18.8. The first-order valence-electron chi connectivity index (χ1n) is 12.0. The zero-order valence-electron chi connectivity index (χ0n) is 18.8. The van der Waals surface area contributed by atoms with E-state index in [2.05, 4.69) is 20.4 Å². The van der Waals surface area contributed by atoms with Crippen molar-refractivity contribution in [3.8, 4) is 0 Å². The van der Waals surface area contributed by atoms with Gasteiger partial charge in [-0.2, -0.15) is 0 Å². The van der Waals surface area contributed by atoms with Gasteiger partial charge in [-0.1, -0.05) is 110 Å². The fourth-order valence-electron chi connectivity index (χ4n) is 3.55. The summed E-state index contributed by atoms with van der Waals surface area (Å²) in [6.45, 7) is 10.4. The molecular weight excluding hydrogens is 332 g/mol. The minimum atomic E-state index is -0.00391. The Morgan fingerprint density at radius 3 is 1.70 bits per heavy atom. The number of hydrogen-bond donors (Lipinski definition) is 0. The number of esters is 1. The van der Waals surface area contributed by atoms with Crippen LogP contribution in [0, 0.1) is 5.92 Å². The lowest BCUT2D eigenvalue weighted by Crippen LogP contribution is -2.22. The minimum Gasteiger partial charge on any atom is -0.462 e. The number of carbonyl (C=O) groups excluding carboxylic acids is 1. The predicted molar refractivity (Wildman–Crippen MR) is 119 cm³/mol. The smallest absolute Gasteiger partial charge is 0.308 e. The van der Waals surface area contributed by atoms with Crippen LogP contribution in [-0.4, -0.2) is 12.1 Å². The molecule has 0 spiro atoms. The standard InChI is InChI=1S/C25H48O2/c1-5-8-10-12-14-16-18-21-23(4)25(26)27-24(20-7-3)22-19-17-15-13-11-9-6-2/h7,23-24H,3,5-6,8-22H2,1-2,4H3. The molecule has 0 aliphatic carbocycles. The van der Waals surface area contributed by atoms with Crippen LogP contribution in [0.2, 0.25) is 0 Å². The van der Waals surface area contributed by atoms with E-state index in [1.807, 2.05) is 13.0 Å². The quantitative estimate of drug-likeness (QED) is 0.120. The molecule has 0 bridgehead atoms. The van der Waals surface area contributed by atoms with Crippen LogP contribution in [0.5, 0.6) is 0 Å². The molecule has 0 radical (unpaired) electrons. The molecular formula is C25H48O2. The number of carbonyl (C=O) groups is 1. The van der Waals surface area contributed by atoms with Crippen molar-refractivity contribution in [2.24, 2.45) is 5.92 Å². The number of ether oxygens (including phenoxy) is 1. The lowest BCUT2D eigenvalue weighted by atomic mass is 10.0. The van der Waals surface area contributed by atoms with Crippen molar-refractivity contribution in [3.63, 3.8) is 0 Å². The average molecular weight is 381 g/mol. The van der Waals surface area contributed by atoms with Gasteiger partial charge in [0.25, 0.3) is 0 Å². The van der Waals surface area contributed by atoms with Gasteiger partial charge in [-0.25, -0.2) is 0 Å². The molecule has 27 heavy (non-hydrogen) atoms. The van der Waals surface area contributed by atoms with Gasteiger partial charge in [0.2, 0.25) is 0 Å². The topological polar surface area (TPSA) is 26.3 Å². The SMILES string of the molecule is C=CCC(CCCCCCCCC)OC(=O)C(C)CCCCCCCCC. The summed E-state index contributed by atoms with van der Waals surface area (Å²) >= 11 is 0. The van der Waals surface area contributed by atoms with Gasteiger partial charge in [-0.05, 0) is 19.3 Å². The molecule has 0 rings (SSSR count). The molecule has 0 fully saturated rings. The van der Waals surface area contributed by atoms with E-state index in [4.69, 9.17) is 4.74 Å². The number of rotatable bonds is 20. The lowest BCUT2D eigenvalue weighted by molar-refractivity contribution is -0.154. The maximum absolute atomic E-state index is 12.4. The van der Waals surface area contributed by atoms with Crippen molar-refractivity contribution < 1.29 is 9.53 Å². The second-order valence-electron chi connectivity index (χ2n) is 8.30. The van der Waals surface area contributed by atoms with Crippen LogP contribution in [0.15, 0.2) is 12.7 Å². The van der Waals surface area contributed by atoms with Crippen molar-refractivity contribution in [2.45, 2.75) is 136 Å². The fourth-order valence-corrected chi connectivity index (χ4v) is 3.55. The van der Waals surface area contributed by atoms with Gasteiger partial charge in [-0.15, -0.1) is 6.58 Å². The summed E-state index contributed by atoms with van der Waals surface area (Å²) in [6, 6.07) is 0. The molecule has 0 heterocycles. The molecule has 0 amide bonds. The van der Waals surface area contributed by atoms with Gasteiger partial charge in [0.05, 0.1) is 5.92 Å². The molecule has 160 valence electrons. The van der Waals surface area contributed by atoms with Crippen LogP contribution in [0.4, 0.5) is 0 Å². The van der Waals surface area contributed by atoms with Gasteiger partial charge in [0.1, 0.15) is 6.10 Å². The van der Waals surface area contributed by atoms with Crippen LogP contribution in [0.3, 0.4) is 0 Å². The Balaban J connectivity index is 3.86. The largest absolute Gasteiger partial charge is 0.462 e. The van der Waals surface area contributed by atoms with Gasteiger partial charge in [-0.3, -0.25) is 4.79 Å². The summed E-state index contributed by atoms with van der Waals surface area (Å²) in [5.74, 6) is 0.0257. The number of hydrogen-bond acceptors (Lipinski definition) is 2. The highest BCUT2D eigenvalue weighted by Crippen LogP contribution is 2.18. The van der Waals surface area contributed by atoms with E-state index in [1.54, 1.807) is 0 Å². The molecule has 0 aliphatic heterocycles. The van der Waals surface area contributed by atoms with Gasteiger partial charge >= 0.3 is 5.97 Å². The second kappa shape index (κ2) is 20.0. The molecule has 2 unspecified atom stereocenters. The zero-order chi connectivity index (χ0) is 20.2. The van der Waals surface area contributed by atoms with Crippen LogP contribution in [-0.2, 0) is 9.53 Å². The Labute approximate surface area is 170 Å². The Morgan fingerprint density at radius 1 is 0.778 bits per heavy atom. The molecule has 2 atom stereocenters. The fraction of sp³-hybridized carbons (Fsp3) is 0.880. The van der Waals surface area contributed by atoms with Gasteiger partial charge in [0, 0.05) is 6.42 Å². The lowest BCUT2D eigenvalue weighted by Gasteiger charge is -2.19. The summed E-state index contributed by atoms with van der Waals surface area (Å²) in [4.78, 5) is 12.4. The third kappa shape index (κ3) is 17.1. The third-order valence-corrected chi connectivity index (χ3v) is 5.49. The Morgan fingerprint density at radius 2 is 1.22 bits per heavy atom. The third-order valence-electron chi connectivity index (χ3n) is 5.49. The summed E-state index contributed by atoms with van der Waals surface area (Å²) in [5.41, 5.74) is 0. The van der Waals surface area contributed by atoms with Crippen molar-refractivity contribution in [3.05, 3.63) is 12.7 Å². The minimum absolute atomic E-state index is 0.00391. The van der Waals surface area contributed by atoms with Crippen LogP contribution >= 0.6 is 0 Å². The van der Waals surface area contributed by atoms with Gasteiger partial charge < -0.3 is 4.74 Å². The first kappa shape index (κ1) is 26.2. The Hall–Kier alpha value is -0.790. The summed E-state index contributed by atoms with van der Waals surface area (Å²) < 4.78 is 5.80. The average Bonchev–Trinajstić information content (AvgIpc) is 2.66.